The Morgan fingerprint density at radius 3 is 0.753 bits per heavy atom. The molecule has 77 heavy (non-hydrogen) atoms. The zero-order valence-electron chi connectivity index (χ0n) is 52.6. The second kappa shape index (κ2) is 67.3. The number of hydrogen-bond acceptors (Lipinski definition) is 4. The first-order valence-corrected chi connectivity index (χ1v) is 35.6. The molecule has 0 aliphatic rings. The van der Waals surface area contributed by atoms with E-state index in [-0.39, 0.29) is 12.5 Å². The van der Waals surface area contributed by atoms with E-state index in [1.807, 2.05) is 0 Å². The zero-order valence-corrected chi connectivity index (χ0v) is 52.6. The molecule has 0 heterocycles. The molecular formula is C72H141NO4. The Morgan fingerprint density at radius 1 is 0.312 bits per heavy atom. The quantitative estimate of drug-likeness (QED) is 0.0361. The van der Waals surface area contributed by atoms with Crippen LogP contribution in [0.25, 0.3) is 0 Å². The van der Waals surface area contributed by atoms with Gasteiger partial charge in [-0.05, 0) is 64.2 Å². The van der Waals surface area contributed by atoms with Gasteiger partial charge < -0.3 is 20.6 Å². The average molecular weight is 1080 g/mol. The molecule has 458 valence electrons. The van der Waals surface area contributed by atoms with E-state index in [0.717, 1.165) is 38.5 Å². The molecule has 0 saturated heterocycles. The highest BCUT2D eigenvalue weighted by atomic mass is 16.3. The van der Waals surface area contributed by atoms with Crippen molar-refractivity contribution >= 4 is 5.91 Å². The van der Waals surface area contributed by atoms with Crippen LogP contribution >= 0.6 is 0 Å². The third kappa shape index (κ3) is 62.3. The summed E-state index contributed by atoms with van der Waals surface area (Å²) in [5, 5.41) is 33.9. The topological polar surface area (TPSA) is 89.8 Å². The lowest BCUT2D eigenvalue weighted by molar-refractivity contribution is -0.124. The van der Waals surface area contributed by atoms with Gasteiger partial charge in [-0.25, -0.2) is 0 Å². The van der Waals surface area contributed by atoms with Gasteiger partial charge in [-0.1, -0.05) is 359 Å². The number of carbonyl (C=O) groups excluding carboxylic acids is 1. The second-order valence-electron chi connectivity index (χ2n) is 24.8. The first kappa shape index (κ1) is 75.8. The molecule has 3 atom stereocenters. The second-order valence-corrected chi connectivity index (χ2v) is 24.8. The van der Waals surface area contributed by atoms with Crippen molar-refractivity contribution in [1.29, 1.82) is 0 Å². The number of aliphatic hydroxyl groups is 3. The summed E-state index contributed by atoms with van der Waals surface area (Å²) in [6.45, 7) is 4.22. The van der Waals surface area contributed by atoms with Gasteiger partial charge >= 0.3 is 0 Å². The van der Waals surface area contributed by atoms with Gasteiger partial charge in [-0.3, -0.25) is 4.79 Å². The Hall–Kier alpha value is -1.17. The van der Waals surface area contributed by atoms with Crippen LogP contribution in [0.2, 0.25) is 0 Å². The molecule has 4 N–H and O–H groups in total. The first-order valence-electron chi connectivity index (χ1n) is 35.6. The van der Waals surface area contributed by atoms with Gasteiger partial charge in [0.25, 0.3) is 0 Å². The van der Waals surface area contributed by atoms with Crippen LogP contribution < -0.4 is 5.32 Å². The summed E-state index contributed by atoms with van der Waals surface area (Å²) in [4.78, 5) is 12.6. The zero-order chi connectivity index (χ0) is 55.7. The van der Waals surface area contributed by atoms with Crippen LogP contribution in [0.5, 0.6) is 0 Å². The molecule has 0 rings (SSSR count). The lowest BCUT2D eigenvalue weighted by atomic mass is 10.0. The van der Waals surface area contributed by atoms with Crippen molar-refractivity contribution in [2.45, 2.75) is 424 Å². The fourth-order valence-corrected chi connectivity index (χ4v) is 11.6. The van der Waals surface area contributed by atoms with Crippen LogP contribution in [0.4, 0.5) is 0 Å². The number of hydrogen-bond donors (Lipinski definition) is 4. The molecule has 0 radical (unpaired) electrons. The fraction of sp³-hybridized carbons (Fsp3) is 0.931. The van der Waals surface area contributed by atoms with Crippen molar-refractivity contribution in [3.05, 3.63) is 24.3 Å². The van der Waals surface area contributed by atoms with E-state index in [4.69, 9.17) is 0 Å². The summed E-state index contributed by atoms with van der Waals surface area (Å²) in [7, 11) is 0. The van der Waals surface area contributed by atoms with Gasteiger partial charge in [0.05, 0.1) is 18.8 Å². The number of carbonyl (C=O) groups is 1. The molecule has 0 aromatic rings. The summed E-state index contributed by atoms with van der Waals surface area (Å²) < 4.78 is 0. The molecule has 0 aliphatic carbocycles. The van der Waals surface area contributed by atoms with E-state index in [1.165, 1.54) is 340 Å². The fourth-order valence-electron chi connectivity index (χ4n) is 11.6. The van der Waals surface area contributed by atoms with Gasteiger partial charge in [0.15, 0.2) is 0 Å². The maximum absolute atomic E-state index is 12.6. The molecule has 0 aliphatic heterocycles. The van der Waals surface area contributed by atoms with E-state index in [0.29, 0.717) is 12.8 Å². The normalized spacial score (nSPS) is 13.2. The predicted octanol–water partition coefficient (Wildman–Crippen LogP) is 23.1. The molecule has 0 aromatic carbocycles. The predicted molar refractivity (Wildman–Crippen MR) is 342 cm³/mol. The molecule has 0 spiro atoms. The van der Waals surface area contributed by atoms with Crippen molar-refractivity contribution in [2.75, 3.05) is 6.61 Å². The van der Waals surface area contributed by atoms with Gasteiger partial charge in [0, 0.05) is 6.42 Å². The van der Waals surface area contributed by atoms with Crippen LogP contribution in [0, 0.1) is 0 Å². The van der Waals surface area contributed by atoms with Crippen molar-refractivity contribution in [3.63, 3.8) is 0 Å². The van der Waals surface area contributed by atoms with E-state index in [1.54, 1.807) is 0 Å². The number of allylic oxidation sites excluding steroid dienone is 4. The SMILES string of the molecule is CCCCCCCCCCCCCCCCCCCC/C=C\CCCCCCCCCCCCCCCCCCCC(=O)NC(CO)C(O)C(O)CCC/C=C/CCCCCCCCCCCCCCCCCCCCC. The lowest BCUT2D eigenvalue weighted by Crippen LogP contribution is -2.50. The van der Waals surface area contributed by atoms with Crippen LogP contribution in [-0.2, 0) is 4.79 Å². The molecular weight excluding hydrogens is 943 g/mol. The standard InChI is InChI=1S/C72H141NO4/c1-3-5-7-9-11-13-15-17-19-21-23-25-27-29-30-31-32-33-34-35-36-37-38-39-40-41-42-43-45-47-49-51-53-55-57-59-61-63-65-67-71(76)73-69(68-74)72(77)70(75)66-64-62-60-58-56-54-52-50-48-46-44-28-26-24-22-20-18-16-14-12-10-8-6-4-2/h35-36,58,60,69-70,72,74-75,77H,3-34,37-57,59,61-68H2,1-2H3,(H,73,76)/b36-35-,60-58+. The van der Waals surface area contributed by atoms with Crippen molar-refractivity contribution < 1.29 is 20.1 Å². The third-order valence-electron chi connectivity index (χ3n) is 17.0. The van der Waals surface area contributed by atoms with Gasteiger partial charge in [0.2, 0.25) is 5.91 Å². The van der Waals surface area contributed by atoms with Crippen molar-refractivity contribution in [2.24, 2.45) is 0 Å². The lowest BCUT2D eigenvalue weighted by Gasteiger charge is -2.26. The van der Waals surface area contributed by atoms with Crippen LogP contribution in [0.3, 0.4) is 0 Å². The Morgan fingerprint density at radius 2 is 0.519 bits per heavy atom. The van der Waals surface area contributed by atoms with E-state index in [2.05, 4.69) is 43.5 Å². The Bertz CT molecular complexity index is 1160. The minimum Gasteiger partial charge on any atom is -0.394 e. The summed E-state index contributed by atoms with van der Waals surface area (Å²) in [6, 6.07) is -0.826. The van der Waals surface area contributed by atoms with E-state index in [9.17, 15) is 20.1 Å². The van der Waals surface area contributed by atoms with Gasteiger partial charge in [-0.2, -0.15) is 0 Å². The Balaban J connectivity index is 3.46. The molecule has 0 saturated carbocycles. The highest BCUT2D eigenvalue weighted by Crippen LogP contribution is 2.19. The van der Waals surface area contributed by atoms with Gasteiger partial charge in [-0.15, -0.1) is 0 Å². The molecule has 0 fully saturated rings. The number of rotatable bonds is 67. The van der Waals surface area contributed by atoms with E-state index >= 15 is 0 Å². The summed E-state index contributed by atoms with van der Waals surface area (Å²) >= 11 is 0. The number of aliphatic hydroxyl groups excluding tert-OH is 3. The average Bonchev–Trinajstić information content (AvgIpc) is 3.43. The van der Waals surface area contributed by atoms with Crippen LogP contribution in [0.15, 0.2) is 24.3 Å². The van der Waals surface area contributed by atoms with Gasteiger partial charge in [0.1, 0.15) is 6.10 Å². The smallest absolute Gasteiger partial charge is 0.220 e. The summed E-state index contributed by atoms with van der Waals surface area (Å²) in [5.41, 5.74) is 0. The molecule has 3 unspecified atom stereocenters. The Kier molecular flexibility index (Phi) is 66.3. The highest BCUT2D eigenvalue weighted by molar-refractivity contribution is 5.76. The summed E-state index contributed by atoms with van der Waals surface area (Å²) in [5.74, 6) is -0.146. The number of unbranched alkanes of at least 4 members (excludes halogenated alkanes) is 55. The maximum atomic E-state index is 12.6. The van der Waals surface area contributed by atoms with Crippen LogP contribution in [0.1, 0.15) is 406 Å². The third-order valence-corrected chi connectivity index (χ3v) is 17.0. The van der Waals surface area contributed by atoms with Crippen molar-refractivity contribution in [3.8, 4) is 0 Å². The minimum absolute atomic E-state index is 0.146. The molecule has 1 amide bonds. The molecule has 0 bridgehead atoms. The molecule has 5 nitrogen and oxygen atoms in total. The molecule has 5 heteroatoms. The molecule has 0 aromatic heterocycles. The summed E-state index contributed by atoms with van der Waals surface area (Å²) in [6.07, 6.45) is 88.4. The van der Waals surface area contributed by atoms with Crippen molar-refractivity contribution in [1.82, 2.24) is 5.32 Å². The minimum atomic E-state index is -1.16. The number of amides is 1. The van der Waals surface area contributed by atoms with E-state index < -0.39 is 18.2 Å². The largest absolute Gasteiger partial charge is 0.394 e. The van der Waals surface area contributed by atoms with Crippen LogP contribution in [-0.4, -0.2) is 46.1 Å². The Labute approximate surface area is 483 Å². The monoisotopic (exact) mass is 1080 g/mol. The highest BCUT2D eigenvalue weighted by Gasteiger charge is 2.26. The number of nitrogens with one attached hydrogen (secondary N) is 1. The first-order chi connectivity index (χ1) is 38.1. The maximum Gasteiger partial charge on any atom is 0.220 e.